The van der Waals surface area contributed by atoms with Crippen molar-refractivity contribution in [2.45, 2.75) is 6.92 Å². The number of benzene rings is 1. The number of halogens is 2. The fourth-order valence-corrected chi connectivity index (χ4v) is 2.36. The molecular weight excluding hydrogens is 261 g/mol. The van der Waals surface area contributed by atoms with E-state index >= 15 is 0 Å². The summed E-state index contributed by atoms with van der Waals surface area (Å²) in [5.41, 5.74) is 1.46. The molecule has 0 radical (unpaired) electrons. The summed E-state index contributed by atoms with van der Waals surface area (Å²) in [5, 5.41) is 1.67. The van der Waals surface area contributed by atoms with Crippen molar-refractivity contribution in [2.75, 3.05) is 14.2 Å². The molecule has 0 fully saturated rings. The first kappa shape index (κ1) is 12.3. The van der Waals surface area contributed by atoms with Crippen molar-refractivity contribution in [1.29, 1.82) is 0 Å². The average molecular weight is 272 g/mol. The van der Waals surface area contributed by atoms with E-state index in [0.29, 0.717) is 32.4 Å². The van der Waals surface area contributed by atoms with Gasteiger partial charge in [0, 0.05) is 11.8 Å². The Morgan fingerprint density at radius 1 is 1.06 bits per heavy atom. The van der Waals surface area contributed by atoms with Crippen molar-refractivity contribution in [1.82, 2.24) is 4.98 Å². The summed E-state index contributed by atoms with van der Waals surface area (Å²) in [7, 11) is 3.11. The van der Waals surface area contributed by atoms with Crippen LogP contribution >= 0.6 is 23.2 Å². The minimum Gasteiger partial charge on any atom is -0.494 e. The topological polar surface area (TPSA) is 31.4 Å². The lowest BCUT2D eigenvalue weighted by Gasteiger charge is -2.12. The predicted octanol–water partition coefficient (Wildman–Crippen LogP) is 3.87. The fraction of sp³-hybridized carbons (Fsp3) is 0.250. The number of methoxy groups -OCH3 is 2. The van der Waals surface area contributed by atoms with Crippen molar-refractivity contribution in [2.24, 2.45) is 0 Å². The Morgan fingerprint density at radius 2 is 1.76 bits per heavy atom. The molecule has 1 aromatic heterocycles. The van der Waals surface area contributed by atoms with Gasteiger partial charge in [-0.1, -0.05) is 23.2 Å². The van der Waals surface area contributed by atoms with Gasteiger partial charge < -0.3 is 9.47 Å². The van der Waals surface area contributed by atoms with Crippen LogP contribution < -0.4 is 9.47 Å². The van der Waals surface area contributed by atoms with Crippen LogP contribution in [0.4, 0.5) is 0 Å². The maximum absolute atomic E-state index is 6.21. The molecule has 0 bridgehead atoms. The number of pyridine rings is 1. The smallest absolute Gasteiger partial charge is 0.148 e. The summed E-state index contributed by atoms with van der Waals surface area (Å²) in [5.74, 6) is 1.09. The van der Waals surface area contributed by atoms with Gasteiger partial charge >= 0.3 is 0 Å². The van der Waals surface area contributed by atoms with E-state index in [1.807, 2.05) is 6.92 Å². The number of aromatic nitrogens is 1. The Hall–Kier alpha value is -1.19. The van der Waals surface area contributed by atoms with E-state index in [9.17, 15) is 0 Å². The van der Waals surface area contributed by atoms with E-state index in [1.54, 1.807) is 26.4 Å². The van der Waals surface area contributed by atoms with Gasteiger partial charge in [-0.05, 0) is 13.0 Å². The van der Waals surface area contributed by atoms with Crippen molar-refractivity contribution in [3.63, 3.8) is 0 Å². The van der Waals surface area contributed by atoms with E-state index in [1.165, 1.54) is 0 Å². The molecule has 0 spiro atoms. The standard InChI is InChI=1S/C12H11Cl2NO2/c1-6-4-7(13)10-11(15-6)9(16-2)5-8(14)12(10)17-3/h4-5H,1-3H3. The highest BCUT2D eigenvalue weighted by Crippen LogP contribution is 2.42. The van der Waals surface area contributed by atoms with Crippen LogP contribution in [0.25, 0.3) is 10.9 Å². The van der Waals surface area contributed by atoms with Gasteiger partial charge in [-0.15, -0.1) is 0 Å². The van der Waals surface area contributed by atoms with Crippen molar-refractivity contribution in [3.05, 3.63) is 27.9 Å². The van der Waals surface area contributed by atoms with Crippen molar-refractivity contribution < 1.29 is 9.47 Å². The second-order valence-corrected chi connectivity index (χ2v) is 4.38. The second kappa shape index (κ2) is 4.59. The third-order valence-corrected chi connectivity index (χ3v) is 3.04. The van der Waals surface area contributed by atoms with E-state index in [-0.39, 0.29) is 0 Å². The molecule has 0 saturated heterocycles. The number of ether oxygens (including phenoxy) is 2. The highest BCUT2D eigenvalue weighted by atomic mass is 35.5. The number of fused-ring (bicyclic) bond motifs is 1. The first-order valence-corrected chi connectivity index (χ1v) is 5.71. The number of hydrogen-bond donors (Lipinski definition) is 0. The lowest BCUT2D eigenvalue weighted by molar-refractivity contribution is 0.410. The van der Waals surface area contributed by atoms with Crippen molar-refractivity contribution in [3.8, 4) is 11.5 Å². The van der Waals surface area contributed by atoms with Gasteiger partial charge in [-0.3, -0.25) is 0 Å². The lowest BCUT2D eigenvalue weighted by Crippen LogP contribution is -1.95. The van der Waals surface area contributed by atoms with Gasteiger partial charge in [0.1, 0.15) is 17.0 Å². The summed E-state index contributed by atoms with van der Waals surface area (Å²) in [4.78, 5) is 4.41. The van der Waals surface area contributed by atoms with Gasteiger partial charge in [0.05, 0.1) is 29.7 Å². The van der Waals surface area contributed by atoms with Gasteiger partial charge in [-0.2, -0.15) is 0 Å². The van der Waals surface area contributed by atoms with Crippen LogP contribution in [0.1, 0.15) is 5.69 Å². The fourth-order valence-electron chi connectivity index (χ4n) is 1.75. The van der Waals surface area contributed by atoms with Gasteiger partial charge in [0.2, 0.25) is 0 Å². The van der Waals surface area contributed by atoms with Crippen LogP contribution in [-0.4, -0.2) is 19.2 Å². The summed E-state index contributed by atoms with van der Waals surface area (Å²) in [6, 6.07) is 3.44. The largest absolute Gasteiger partial charge is 0.494 e. The molecule has 0 amide bonds. The van der Waals surface area contributed by atoms with Gasteiger partial charge in [0.15, 0.2) is 0 Å². The SMILES string of the molecule is COc1cc(Cl)c(OC)c2c(Cl)cc(C)nc12. The molecule has 1 aromatic carbocycles. The third kappa shape index (κ3) is 2.01. The summed E-state index contributed by atoms with van der Waals surface area (Å²) in [6.45, 7) is 1.87. The number of nitrogens with zero attached hydrogens (tertiary/aromatic N) is 1. The molecule has 0 saturated carbocycles. The molecule has 3 nitrogen and oxygen atoms in total. The molecule has 0 atom stereocenters. The number of hydrogen-bond acceptors (Lipinski definition) is 3. The predicted molar refractivity (Wildman–Crippen MR) is 69.6 cm³/mol. The van der Waals surface area contributed by atoms with Crippen LogP contribution in [-0.2, 0) is 0 Å². The lowest BCUT2D eigenvalue weighted by atomic mass is 10.1. The highest BCUT2D eigenvalue weighted by molar-refractivity contribution is 6.38. The first-order valence-electron chi connectivity index (χ1n) is 4.95. The Bertz CT molecular complexity index is 584. The minimum atomic E-state index is 0.449. The molecule has 0 aliphatic heterocycles. The maximum atomic E-state index is 6.21. The molecule has 2 rings (SSSR count). The quantitative estimate of drug-likeness (QED) is 0.831. The molecular formula is C12H11Cl2NO2. The molecule has 90 valence electrons. The highest BCUT2D eigenvalue weighted by Gasteiger charge is 2.16. The molecule has 0 unspecified atom stereocenters. The normalized spacial score (nSPS) is 10.6. The average Bonchev–Trinajstić information content (AvgIpc) is 2.28. The van der Waals surface area contributed by atoms with Crippen molar-refractivity contribution >= 4 is 34.1 Å². The van der Waals surface area contributed by atoms with Gasteiger partial charge in [0.25, 0.3) is 0 Å². The van der Waals surface area contributed by atoms with Gasteiger partial charge in [-0.25, -0.2) is 4.98 Å². The van der Waals surface area contributed by atoms with Crippen LogP contribution in [0.2, 0.25) is 10.0 Å². The first-order chi connectivity index (χ1) is 8.08. The molecule has 1 heterocycles. The monoisotopic (exact) mass is 271 g/mol. The maximum Gasteiger partial charge on any atom is 0.148 e. The van der Waals surface area contributed by atoms with E-state index in [2.05, 4.69) is 4.98 Å². The van der Waals surface area contributed by atoms with Crippen LogP contribution in [0, 0.1) is 6.92 Å². The van der Waals surface area contributed by atoms with Crippen LogP contribution in [0.3, 0.4) is 0 Å². The molecule has 0 aliphatic carbocycles. The summed E-state index contributed by atoms with van der Waals surface area (Å²) >= 11 is 12.3. The molecule has 5 heteroatoms. The summed E-state index contributed by atoms with van der Waals surface area (Å²) in [6.07, 6.45) is 0. The zero-order valence-corrected chi connectivity index (χ0v) is 11.2. The molecule has 17 heavy (non-hydrogen) atoms. The minimum absolute atomic E-state index is 0.449. The number of aryl methyl sites for hydroxylation is 1. The second-order valence-electron chi connectivity index (χ2n) is 3.56. The zero-order chi connectivity index (χ0) is 12.6. The molecule has 2 aromatic rings. The molecule has 0 N–H and O–H groups in total. The summed E-state index contributed by atoms with van der Waals surface area (Å²) < 4.78 is 10.5. The Morgan fingerprint density at radius 3 is 2.35 bits per heavy atom. The van der Waals surface area contributed by atoms with Crippen LogP contribution in [0.15, 0.2) is 12.1 Å². The van der Waals surface area contributed by atoms with E-state index in [4.69, 9.17) is 32.7 Å². The van der Waals surface area contributed by atoms with E-state index < -0.39 is 0 Å². The third-order valence-electron chi connectivity index (χ3n) is 2.46. The number of rotatable bonds is 2. The van der Waals surface area contributed by atoms with Crippen LogP contribution in [0.5, 0.6) is 11.5 Å². The molecule has 0 aliphatic rings. The zero-order valence-electron chi connectivity index (χ0n) is 9.67. The Kier molecular flexibility index (Phi) is 3.31. The Balaban J connectivity index is 2.97. The Labute approximate surface area is 109 Å². The van der Waals surface area contributed by atoms with E-state index in [0.717, 1.165) is 5.69 Å².